The van der Waals surface area contributed by atoms with E-state index in [1.807, 2.05) is 0 Å². The van der Waals surface area contributed by atoms with E-state index < -0.39 is 0 Å². The first kappa shape index (κ1) is 15.7. The van der Waals surface area contributed by atoms with Crippen LogP contribution < -0.4 is 5.32 Å². The van der Waals surface area contributed by atoms with Crippen molar-refractivity contribution in [2.45, 2.75) is 53.9 Å². The largest absolute Gasteiger partial charge is 0.372 e. The normalized spacial score (nSPS) is 14.7. The predicted molar refractivity (Wildman–Crippen MR) is 85.4 cm³/mol. The van der Waals surface area contributed by atoms with Crippen LogP contribution in [0.15, 0.2) is 17.1 Å². The minimum absolute atomic E-state index is 0. The minimum atomic E-state index is 0. The van der Waals surface area contributed by atoms with Gasteiger partial charge in [0, 0.05) is 13.0 Å². The highest BCUT2D eigenvalue weighted by Gasteiger charge is 2.17. The second-order valence-corrected chi connectivity index (χ2v) is 6.27. The van der Waals surface area contributed by atoms with Gasteiger partial charge in [-0.1, -0.05) is 40.3 Å². The first-order chi connectivity index (χ1) is 8.38. The molecule has 1 heterocycles. The molecule has 106 valence electrons. The number of rotatable bonds is 2. The van der Waals surface area contributed by atoms with Crippen molar-refractivity contribution in [2.24, 2.45) is 4.99 Å². The summed E-state index contributed by atoms with van der Waals surface area (Å²) in [6, 6.07) is 4.66. The molecule has 1 N–H and O–H groups in total. The number of hydrogen-bond acceptors (Lipinski definition) is 2. The van der Waals surface area contributed by atoms with Gasteiger partial charge in [-0.05, 0) is 41.5 Å². The number of hydrogen-bond donors (Lipinski definition) is 1. The Labute approximate surface area is 118 Å². The number of amidine groups is 1. The van der Waals surface area contributed by atoms with Gasteiger partial charge >= 0.3 is 0 Å². The molecule has 1 aliphatic heterocycles. The lowest BCUT2D eigenvalue weighted by atomic mass is 9.83. The Morgan fingerprint density at radius 3 is 2.16 bits per heavy atom. The fourth-order valence-electron chi connectivity index (χ4n) is 2.44. The van der Waals surface area contributed by atoms with Gasteiger partial charge in [0.15, 0.2) is 0 Å². The average molecular weight is 260 g/mol. The van der Waals surface area contributed by atoms with Crippen molar-refractivity contribution >= 4 is 5.84 Å². The lowest BCUT2D eigenvalue weighted by Gasteiger charge is -2.22. The zero-order valence-electron chi connectivity index (χ0n) is 12.2. The molecule has 0 saturated carbocycles. The molecule has 0 unspecified atom stereocenters. The van der Waals surface area contributed by atoms with Crippen LogP contribution in [0.25, 0.3) is 0 Å². The predicted octanol–water partition coefficient (Wildman–Crippen LogP) is 3.78. The summed E-state index contributed by atoms with van der Waals surface area (Å²) in [5, 5.41) is 3.35. The summed E-state index contributed by atoms with van der Waals surface area (Å²) in [6.45, 7) is 13.2. The van der Waals surface area contributed by atoms with Crippen molar-refractivity contribution in [3.63, 3.8) is 0 Å². The molecule has 0 spiro atoms. The van der Waals surface area contributed by atoms with E-state index in [9.17, 15) is 0 Å². The molecule has 0 atom stereocenters. The number of nitrogens with zero attached hydrogens (tertiary/aromatic N) is 1. The molecule has 2 heteroatoms. The van der Waals surface area contributed by atoms with Gasteiger partial charge in [-0.25, -0.2) is 0 Å². The van der Waals surface area contributed by atoms with E-state index in [0.717, 1.165) is 25.3 Å². The maximum Gasteiger partial charge on any atom is 0.101 e. The smallest absolute Gasteiger partial charge is 0.101 e. The van der Waals surface area contributed by atoms with Crippen molar-refractivity contribution in [2.75, 3.05) is 13.1 Å². The SMILES string of the molecule is C.Cc1cc(C(C)(C)C)cc(C)c1CC1=NCCN1. The van der Waals surface area contributed by atoms with E-state index in [0.29, 0.717) is 0 Å². The Morgan fingerprint density at radius 1 is 1.16 bits per heavy atom. The summed E-state index contributed by atoms with van der Waals surface area (Å²) in [5.41, 5.74) is 5.84. The molecule has 2 rings (SSSR count). The van der Waals surface area contributed by atoms with Crippen LogP contribution in [0.1, 0.15) is 50.5 Å². The first-order valence-corrected chi connectivity index (χ1v) is 6.76. The summed E-state index contributed by atoms with van der Waals surface area (Å²) in [6.07, 6.45) is 0.947. The van der Waals surface area contributed by atoms with Gasteiger partial charge in [0.05, 0.1) is 6.54 Å². The van der Waals surface area contributed by atoms with Gasteiger partial charge in [-0.15, -0.1) is 0 Å². The van der Waals surface area contributed by atoms with Crippen LogP contribution in [0.4, 0.5) is 0 Å². The quantitative estimate of drug-likeness (QED) is 0.860. The molecule has 1 aromatic rings. The molecular weight excluding hydrogens is 232 g/mol. The van der Waals surface area contributed by atoms with Crippen LogP contribution in [-0.2, 0) is 11.8 Å². The highest BCUT2D eigenvalue weighted by molar-refractivity contribution is 5.86. The molecule has 0 aliphatic carbocycles. The third kappa shape index (κ3) is 3.59. The lowest BCUT2D eigenvalue weighted by Crippen LogP contribution is -2.22. The summed E-state index contributed by atoms with van der Waals surface area (Å²) >= 11 is 0. The zero-order chi connectivity index (χ0) is 13.3. The Balaban J connectivity index is 0.00000180. The van der Waals surface area contributed by atoms with Crippen molar-refractivity contribution in [1.82, 2.24) is 5.32 Å². The third-order valence-electron chi connectivity index (χ3n) is 3.65. The van der Waals surface area contributed by atoms with Crippen molar-refractivity contribution in [1.29, 1.82) is 0 Å². The van der Waals surface area contributed by atoms with Gasteiger partial charge in [0.1, 0.15) is 5.84 Å². The average Bonchev–Trinajstić information content (AvgIpc) is 2.74. The Bertz CT molecular complexity index is 456. The minimum Gasteiger partial charge on any atom is -0.372 e. The van der Waals surface area contributed by atoms with E-state index in [2.05, 4.69) is 57.1 Å². The topological polar surface area (TPSA) is 24.4 Å². The van der Waals surface area contributed by atoms with Crippen molar-refractivity contribution in [3.8, 4) is 0 Å². The fraction of sp³-hybridized carbons (Fsp3) is 0.588. The number of nitrogens with one attached hydrogen (secondary N) is 1. The van der Waals surface area contributed by atoms with Crippen molar-refractivity contribution < 1.29 is 0 Å². The van der Waals surface area contributed by atoms with Crippen LogP contribution >= 0.6 is 0 Å². The second kappa shape index (κ2) is 5.77. The molecule has 1 aliphatic rings. The van der Waals surface area contributed by atoms with E-state index in [1.165, 1.54) is 22.3 Å². The fourth-order valence-corrected chi connectivity index (χ4v) is 2.44. The van der Waals surface area contributed by atoms with Crippen LogP contribution in [-0.4, -0.2) is 18.9 Å². The summed E-state index contributed by atoms with van der Waals surface area (Å²) < 4.78 is 0. The maximum atomic E-state index is 4.49. The Kier molecular flexibility index (Phi) is 4.78. The molecule has 0 amide bonds. The molecule has 0 saturated heterocycles. The second-order valence-electron chi connectivity index (χ2n) is 6.27. The van der Waals surface area contributed by atoms with Crippen LogP contribution in [0, 0.1) is 13.8 Å². The van der Waals surface area contributed by atoms with Gasteiger partial charge in [0.2, 0.25) is 0 Å². The standard InChI is InChI=1S/C16H24N2.CH4/c1-11-8-13(16(3,4)5)9-12(2)14(11)10-15-17-6-7-18-15;/h8-9H,6-7,10H2,1-5H3,(H,17,18);1H4. The lowest BCUT2D eigenvalue weighted by molar-refractivity contribution is 0.589. The Morgan fingerprint density at radius 2 is 1.74 bits per heavy atom. The maximum absolute atomic E-state index is 4.49. The molecule has 0 radical (unpaired) electrons. The summed E-state index contributed by atoms with van der Waals surface area (Å²) in [4.78, 5) is 4.49. The van der Waals surface area contributed by atoms with E-state index in [-0.39, 0.29) is 12.8 Å². The number of benzene rings is 1. The third-order valence-corrected chi connectivity index (χ3v) is 3.65. The highest BCUT2D eigenvalue weighted by Crippen LogP contribution is 2.27. The Hall–Kier alpha value is -1.31. The highest BCUT2D eigenvalue weighted by atomic mass is 15.1. The molecular formula is C17H28N2. The van der Waals surface area contributed by atoms with Crippen LogP contribution in [0.5, 0.6) is 0 Å². The van der Waals surface area contributed by atoms with Gasteiger partial charge in [0.25, 0.3) is 0 Å². The van der Waals surface area contributed by atoms with Gasteiger partial charge < -0.3 is 5.32 Å². The molecule has 0 aromatic heterocycles. The molecule has 0 bridgehead atoms. The molecule has 0 fully saturated rings. The van der Waals surface area contributed by atoms with Crippen molar-refractivity contribution in [3.05, 3.63) is 34.4 Å². The molecule has 1 aromatic carbocycles. The van der Waals surface area contributed by atoms with E-state index in [4.69, 9.17) is 0 Å². The van der Waals surface area contributed by atoms with Crippen LogP contribution in [0.2, 0.25) is 0 Å². The van der Waals surface area contributed by atoms with E-state index >= 15 is 0 Å². The van der Waals surface area contributed by atoms with Gasteiger partial charge in [-0.3, -0.25) is 4.99 Å². The number of aryl methyl sites for hydroxylation is 2. The molecule has 2 nitrogen and oxygen atoms in total. The van der Waals surface area contributed by atoms with Gasteiger partial charge in [-0.2, -0.15) is 0 Å². The first-order valence-electron chi connectivity index (χ1n) is 6.76. The monoisotopic (exact) mass is 260 g/mol. The van der Waals surface area contributed by atoms with Crippen LogP contribution in [0.3, 0.4) is 0 Å². The summed E-state index contributed by atoms with van der Waals surface area (Å²) in [7, 11) is 0. The number of aliphatic imine (C=N–C) groups is 1. The summed E-state index contributed by atoms with van der Waals surface area (Å²) in [5.74, 6) is 1.14. The van der Waals surface area contributed by atoms with E-state index in [1.54, 1.807) is 0 Å². The molecule has 19 heavy (non-hydrogen) atoms. The zero-order valence-corrected chi connectivity index (χ0v) is 12.2.